The van der Waals surface area contributed by atoms with Crippen LogP contribution in [0.15, 0.2) is 41.4 Å². The maximum atomic E-state index is 14.0. The van der Waals surface area contributed by atoms with Crippen LogP contribution in [-0.2, 0) is 6.54 Å². The Balaban J connectivity index is 2.24. The molecule has 0 aliphatic rings. The minimum absolute atomic E-state index is 0.0349. The summed E-state index contributed by atoms with van der Waals surface area (Å²) in [5.41, 5.74) is -0.566. The average Bonchev–Trinajstić information content (AvgIpc) is 2.86. The zero-order valence-corrected chi connectivity index (χ0v) is 12.9. The molecule has 0 radical (unpaired) electrons. The zero-order chi connectivity index (χ0) is 17.3. The monoisotopic (exact) mass is 346 g/mol. The Morgan fingerprint density at radius 2 is 1.75 bits per heavy atom. The molecule has 1 aromatic heterocycles. The number of amides is 1. The second kappa shape index (κ2) is 6.34. The highest BCUT2D eigenvalue weighted by atomic mass is 32.1. The van der Waals surface area contributed by atoms with E-state index < -0.39 is 28.9 Å². The second-order valence-electron chi connectivity index (χ2n) is 4.78. The number of nitrogens with zero attached hydrogens (tertiary/aromatic N) is 2. The van der Waals surface area contributed by atoms with Crippen molar-refractivity contribution in [3.63, 3.8) is 0 Å². The molecule has 0 saturated carbocycles. The molecule has 3 nitrogen and oxygen atoms in total. The molecule has 0 atom stereocenters. The summed E-state index contributed by atoms with van der Waals surface area (Å²) < 4.78 is 43.3. The van der Waals surface area contributed by atoms with Gasteiger partial charge in [0.05, 0.1) is 16.8 Å². The Kier molecular flexibility index (Phi) is 4.23. The van der Waals surface area contributed by atoms with E-state index in [4.69, 9.17) is 6.42 Å². The number of aromatic nitrogens is 1. The van der Waals surface area contributed by atoms with Crippen molar-refractivity contribution in [3.05, 3.63) is 64.2 Å². The van der Waals surface area contributed by atoms with Crippen molar-refractivity contribution in [2.24, 2.45) is 4.99 Å². The van der Waals surface area contributed by atoms with Gasteiger partial charge in [-0.1, -0.05) is 29.4 Å². The first-order valence-corrected chi connectivity index (χ1v) is 7.59. The zero-order valence-electron chi connectivity index (χ0n) is 12.1. The van der Waals surface area contributed by atoms with Gasteiger partial charge in [-0.2, -0.15) is 4.99 Å². The van der Waals surface area contributed by atoms with E-state index in [0.717, 1.165) is 29.5 Å². The molecule has 3 rings (SSSR count). The number of para-hydroxylation sites is 1. The summed E-state index contributed by atoms with van der Waals surface area (Å²) in [6, 6.07) is 7.48. The Hall–Kier alpha value is -2.85. The molecule has 0 spiro atoms. The highest BCUT2D eigenvalue weighted by Crippen LogP contribution is 2.20. The number of terminal acetylenes is 1. The smallest absolute Gasteiger partial charge is 0.285 e. The standard InChI is InChI=1S/C17H9F3N2OS/c1-2-9-22-15-12(20)7-4-8-13(15)24-17(22)21-16(23)14-10(18)5-3-6-11(14)19/h1,3-8H,9H2. The molecule has 7 heteroatoms. The van der Waals surface area contributed by atoms with Gasteiger partial charge >= 0.3 is 0 Å². The van der Waals surface area contributed by atoms with Crippen molar-refractivity contribution in [2.45, 2.75) is 6.54 Å². The molecule has 0 saturated heterocycles. The molecule has 2 aromatic carbocycles. The number of benzene rings is 2. The van der Waals surface area contributed by atoms with E-state index in [1.807, 2.05) is 0 Å². The average molecular weight is 346 g/mol. The molecule has 0 N–H and O–H groups in total. The minimum Gasteiger partial charge on any atom is -0.302 e. The third-order valence-corrected chi connectivity index (χ3v) is 4.32. The first-order chi connectivity index (χ1) is 11.5. The molecule has 120 valence electrons. The fourth-order valence-electron chi connectivity index (χ4n) is 2.25. The van der Waals surface area contributed by atoms with Gasteiger partial charge in [0.2, 0.25) is 0 Å². The lowest BCUT2D eigenvalue weighted by atomic mass is 10.2. The van der Waals surface area contributed by atoms with E-state index in [2.05, 4.69) is 10.9 Å². The Morgan fingerprint density at radius 1 is 1.12 bits per heavy atom. The van der Waals surface area contributed by atoms with Crippen LogP contribution in [0.1, 0.15) is 10.4 Å². The Morgan fingerprint density at radius 3 is 2.42 bits per heavy atom. The maximum absolute atomic E-state index is 14.0. The third kappa shape index (κ3) is 2.72. The highest BCUT2D eigenvalue weighted by molar-refractivity contribution is 7.16. The van der Waals surface area contributed by atoms with Crippen molar-refractivity contribution in [1.82, 2.24) is 4.57 Å². The number of carbonyl (C=O) groups is 1. The molecule has 0 bridgehead atoms. The molecule has 1 heterocycles. The Labute approximate surface area is 138 Å². The molecule has 1 amide bonds. The highest BCUT2D eigenvalue weighted by Gasteiger charge is 2.17. The molecule has 24 heavy (non-hydrogen) atoms. The number of hydrogen-bond acceptors (Lipinski definition) is 2. The third-order valence-electron chi connectivity index (χ3n) is 3.28. The Bertz CT molecular complexity index is 1040. The lowest BCUT2D eigenvalue weighted by Gasteiger charge is -2.01. The molecule has 0 aliphatic carbocycles. The summed E-state index contributed by atoms with van der Waals surface area (Å²) in [5.74, 6) is -1.30. The maximum Gasteiger partial charge on any atom is 0.285 e. The first kappa shape index (κ1) is 16.0. The van der Waals surface area contributed by atoms with E-state index >= 15 is 0 Å². The predicted molar refractivity (Wildman–Crippen MR) is 84.9 cm³/mol. The summed E-state index contributed by atoms with van der Waals surface area (Å²) in [6.45, 7) is -0.0349. The van der Waals surface area contributed by atoms with Gasteiger partial charge in [-0.25, -0.2) is 13.2 Å². The van der Waals surface area contributed by atoms with E-state index in [1.165, 1.54) is 16.7 Å². The summed E-state index contributed by atoms with van der Waals surface area (Å²) >= 11 is 1.01. The molecule has 0 aliphatic heterocycles. The summed E-state index contributed by atoms with van der Waals surface area (Å²) in [7, 11) is 0. The SMILES string of the molecule is C#CCn1c(=NC(=O)c2c(F)cccc2F)sc2cccc(F)c21. The lowest BCUT2D eigenvalue weighted by molar-refractivity contribution is 0.0990. The van der Waals surface area contributed by atoms with E-state index in [9.17, 15) is 18.0 Å². The van der Waals surface area contributed by atoms with Crippen LogP contribution < -0.4 is 4.80 Å². The van der Waals surface area contributed by atoms with Gasteiger partial charge in [0.25, 0.3) is 5.91 Å². The van der Waals surface area contributed by atoms with Crippen LogP contribution in [0.3, 0.4) is 0 Å². The number of fused-ring (bicyclic) bond motifs is 1. The van der Waals surface area contributed by atoms with E-state index in [-0.39, 0.29) is 16.9 Å². The molecule has 0 unspecified atom stereocenters. The van der Waals surface area contributed by atoms with Gasteiger partial charge in [0, 0.05) is 0 Å². The van der Waals surface area contributed by atoms with E-state index in [0.29, 0.717) is 4.70 Å². The van der Waals surface area contributed by atoms with Crippen LogP contribution in [0.5, 0.6) is 0 Å². The number of carbonyl (C=O) groups excluding carboxylic acids is 1. The number of rotatable bonds is 2. The van der Waals surface area contributed by atoms with Crippen molar-refractivity contribution in [3.8, 4) is 12.3 Å². The van der Waals surface area contributed by atoms with Crippen LogP contribution >= 0.6 is 11.3 Å². The molecular weight excluding hydrogens is 337 g/mol. The quantitative estimate of drug-likeness (QED) is 0.654. The van der Waals surface area contributed by atoms with Crippen LogP contribution in [0.25, 0.3) is 10.2 Å². The summed E-state index contributed by atoms with van der Waals surface area (Å²) in [4.78, 5) is 16.0. The van der Waals surface area contributed by atoms with Crippen molar-refractivity contribution >= 4 is 27.5 Å². The molecular formula is C17H9F3N2OS. The van der Waals surface area contributed by atoms with Crippen LogP contribution in [-0.4, -0.2) is 10.5 Å². The molecule has 3 aromatic rings. The fraction of sp³-hybridized carbons (Fsp3) is 0.0588. The fourth-order valence-corrected chi connectivity index (χ4v) is 3.30. The van der Waals surface area contributed by atoms with Gasteiger partial charge in [-0.15, -0.1) is 6.42 Å². The van der Waals surface area contributed by atoms with Crippen molar-refractivity contribution in [1.29, 1.82) is 0 Å². The number of hydrogen-bond donors (Lipinski definition) is 0. The normalized spacial score (nSPS) is 11.7. The predicted octanol–water partition coefficient (Wildman–Crippen LogP) is 3.49. The van der Waals surface area contributed by atoms with Crippen LogP contribution in [0.2, 0.25) is 0 Å². The van der Waals surface area contributed by atoms with Crippen LogP contribution in [0, 0.1) is 29.8 Å². The van der Waals surface area contributed by atoms with Crippen molar-refractivity contribution in [2.75, 3.05) is 0 Å². The van der Waals surface area contributed by atoms with Gasteiger partial charge < -0.3 is 4.57 Å². The summed E-state index contributed by atoms with van der Waals surface area (Å²) in [6.07, 6.45) is 5.28. The largest absolute Gasteiger partial charge is 0.302 e. The number of halogens is 3. The topological polar surface area (TPSA) is 34.4 Å². The number of thiazole rings is 1. The van der Waals surface area contributed by atoms with Gasteiger partial charge in [0.15, 0.2) is 4.80 Å². The van der Waals surface area contributed by atoms with Gasteiger partial charge in [-0.05, 0) is 24.3 Å². The van der Waals surface area contributed by atoms with Crippen molar-refractivity contribution < 1.29 is 18.0 Å². The lowest BCUT2D eigenvalue weighted by Crippen LogP contribution is -2.18. The van der Waals surface area contributed by atoms with Gasteiger partial charge in [-0.3, -0.25) is 4.79 Å². The second-order valence-corrected chi connectivity index (χ2v) is 5.78. The van der Waals surface area contributed by atoms with E-state index in [1.54, 1.807) is 6.07 Å². The first-order valence-electron chi connectivity index (χ1n) is 6.77. The minimum atomic E-state index is -1.09. The van der Waals surface area contributed by atoms with Crippen LogP contribution in [0.4, 0.5) is 13.2 Å². The summed E-state index contributed by atoms with van der Waals surface area (Å²) in [5, 5.41) is 0. The molecule has 0 fully saturated rings. The van der Waals surface area contributed by atoms with Gasteiger partial charge in [0.1, 0.15) is 23.0 Å².